The molecule has 0 saturated heterocycles. The maximum Gasteiger partial charge on any atom is 0.420 e. The Morgan fingerprint density at radius 2 is 1.55 bits per heavy atom. The van der Waals surface area contributed by atoms with Gasteiger partial charge in [-0.3, -0.25) is 14.9 Å². The number of alkyl halides is 3. The summed E-state index contributed by atoms with van der Waals surface area (Å²) in [7, 11) is 0. The van der Waals surface area contributed by atoms with E-state index in [-0.39, 0.29) is 12.5 Å². The highest BCUT2D eigenvalue weighted by Crippen LogP contribution is 2.44. The van der Waals surface area contributed by atoms with Gasteiger partial charge in [-0.2, -0.15) is 13.2 Å². The van der Waals surface area contributed by atoms with Crippen LogP contribution in [0.1, 0.15) is 37.3 Å². The summed E-state index contributed by atoms with van der Waals surface area (Å²) in [5.74, 6) is -3.25. The molecule has 2 aromatic rings. The molecule has 0 spiro atoms. The third kappa shape index (κ3) is 4.94. The fourth-order valence-corrected chi connectivity index (χ4v) is 3.78. The van der Waals surface area contributed by atoms with Crippen LogP contribution in [0.3, 0.4) is 0 Å². The molecule has 2 amide bonds. The van der Waals surface area contributed by atoms with Crippen LogP contribution in [-0.2, 0) is 14.3 Å². The molecule has 0 heterocycles. The SMILES string of the molecule is CC(CC(=O)O)NC(=O)C(C)(NC(=O)OCC1c2ccccc2-c2ccccc21)C(F)(F)F. The Morgan fingerprint density at radius 1 is 1.03 bits per heavy atom. The molecule has 3 rings (SSSR count). The van der Waals surface area contributed by atoms with Gasteiger partial charge < -0.3 is 15.2 Å². The second kappa shape index (κ2) is 9.13. The summed E-state index contributed by atoms with van der Waals surface area (Å²) >= 11 is 0. The summed E-state index contributed by atoms with van der Waals surface area (Å²) in [6.45, 7) is 1.51. The first kappa shape index (κ1) is 24.1. The van der Waals surface area contributed by atoms with Crippen molar-refractivity contribution >= 4 is 18.0 Å². The van der Waals surface area contributed by atoms with Gasteiger partial charge >= 0.3 is 18.2 Å². The Hall–Kier alpha value is -3.56. The van der Waals surface area contributed by atoms with E-state index in [0.29, 0.717) is 6.92 Å². The average Bonchev–Trinajstić information content (AvgIpc) is 3.04. The number of alkyl carbamates (subject to hydrolysis) is 1. The number of nitrogens with one attached hydrogen (secondary N) is 2. The fraction of sp³-hybridized carbons (Fsp3) is 0.348. The molecule has 7 nitrogen and oxygen atoms in total. The van der Waals surface area contributed by atoms with Crippen molar-refractivity contribution in [3.63, 3.8) is 0 Å². The molecule has 0 saturated carbocycles. The zero-order valence-corrected chi connectivity index (χ0v) is 17.9. The van der Waals surface area contributed by atoms with Gasteiger partial charge in [-0.25, -0.2) is 4.79 Å². The lowest BCUT2D eigenvalue weighted by atomic mass is 9.98. The van der Waals surface area contributed by atoms with Crippen LogP contribution >= 0.6 is 0 Å². The van der Waals surface area contributed by atoms with Gasteiger partial charge in [0.1, 0.15) is 6.61 Å². The topological polar surface area (TPSA) is 105 Å². The molecule has 1 aliphatic rings. The minimum absolute atomic E-state index is 0.231. The Morgan fingerprint density at radius 3 is 2.03 bits per heavy atom. The molecule has 0 bridgehead atoms. The van der Waals surface area contributed by atoms with E-state index in [2.05, 4.69) is 0 Å². The number of rotatable bonds is 7. The lowest BCUT2D eigenvalue weighted by molar-refractivity contribution is -0.194. The van der Waals surface area contributed by atoms with Gasteiger partial charge in [0.05, 0.1) is 6.42 Å². The molecule has 10 heteroatoms. The van der Waals surface area contributed by atoms with Crippen molar-refractivity contribution in [2.75, 3.05) is 6.61 Å². The number of carbonyl (C=O) groups excluding carboxylic acids is 2. The smallest absolute Gasteiger partial charge is 0.420 e. The van der Waals surface area contributed by atoms with Crippen LogP contribution in [0.4, 0.5) is 18.0 Å². The number of carboxylic acids is 1. The maximum absolute atomic E-state index is 13.7. The molecule has 0 aliphatic heterocycles. The van der Waals surface area contributed by atoms with E-state index in [0.717, 1.165) is 22.3 Å². The first-order valence-corrected chi connectivity index (χ1v) is 10.2. The molecule has 176 valence electrons. The van der Waals surface area contributed by atoms with Gasteiger partial charge in [-0.15, -0.1) is 0 Å². The number of halogens is 3. The van der Waals surface area contributed by atoms with Gasteiger partial charge in [0, 0.05) is 12.0 Å². The van der Waals surface area contributed by atoms with Gasteiger partial charge in [-0.1, -0.05) is 48.5 Å². The van der Waals surface area contributed by atoms with Gasteiger partial charge in [-0.05, 0) is 36.1 Å². The fourth-order valence-electron chi connectivity index (χ4n) is 3.78. The summed E-state index contributed by atoms with van der Waals surface area (Å²) in [6, 6.07) is 13.8. The van der Waals surface area contributed by atoms with E-state index in [9.17, 15) is 27.6 Å². The molecule has 0 aromatic heterocycles. The molecule has 0 fully saturated rings. The Bertz CT molecular complexity index is 1030. The maximum atomic E-state index is 13.7. The second-order valence-corrected chi connectivity index (χ2v) is 8.05. The van der Waals surface area contributed by atoms with Crippen LogP contribution in [0.2, 0.25) is 0 Å². The largest absolute Gasteiger partial charge is 0.481 e. The number of ether oxygens (including phenoxy) is 1. The normalized spacial score (nSPS) is 15.5. The van der Waals surface area contributed by atoms with Crippen molar-refractivity contribution in [1.29, 1.82) is 0 Å². The monoisotopic (exact) mass is 464 g/mol. The number of hydrogen-bond donors (Lipinski definition) is 3. The highest BCUT2D eigenvalue weighted by molar-refractivity contribution is 5.91. The quantitative estimate of drug-likeness (QED) is 0.578. The van der Waals surface area contributed by atoms with E-state index in [1.807, 2.05) is 53.8 Å². The number of amides is 2. The molecule has 2 aromatic carbocycles. The van der Waals surface area contributed by atoms with Gasteiger partial charge in [0.25, 0.3) is 5.91 Å². The van der Waals surface area contributed by atoms with E-state index >= 15 is 0 Å². The van der Waals surface area contributed by atoms with E-state index < -0.39 is 42.1 Å². The molecule has 2 atom stereocenters. The summed E-state index contributed by atoms with van der Waals surface area (Å²) in [5, 5.41) is 12.3. The van der Waals surface area contributed by atoms with Crippen LogP contribution in [0, 0.1) is 0 Å². The van der Waals surface area contributed by atoms with Crippen molar-refractivity contribution in [3.05, 3.63) is 59.7 Å². The number of fused-ring (bicyclic) bond motifs is 3. The lowest BCUT2D eigenvalue weighted by Crippen LogP contribution is -2.66. The lowest BCUT2D eigenvalue weighted by Gasteiger charge is -2.32. The minimum Gasteiger partial charge on any atom is -0.481 e. The number of aliphatic carboxylic acids is 1. The average molecular weight is 464 g/mol. The first-order valence-electron chi connectivity index (χ1n) is 10.2. The molecular weight excluding hydrogens is 441 g/mol. The van der Waals surface area contributed by atoms with Crippen molar-refractivity contribution in [1.82, 2.24) is 10.6 Å². The molecule has 0 radical (unpaired) electrons. The number of carbonyl (C=O) groups is 3. The summed E-state index contributed by atoms with van der Waals surface area (Å²) < 4.78 is 46.3. The highest BCUT2D eigenvalue weighted by atomic mass is 19.4. The van der Waals surface area contributed by atoms with Crippen molar-refractivity contribution in [3.8, 4) is 11.1 Å². The third-order valence-corrected chi connectivity index (χ3v) is 5.58. The number of carboxylic acid groups (broad SMARTS) is 1. The predicted molar refractivity (Wildman–Crippen MR) is 113 cm³/mol. The molecule has 1 aliphatic carbocycles. The predicted octanol–water partition coefficient (Wildman–Crippen LogP) is 3.83. The molecule has 2 unspecified atom stereocenters. The Labute approximate surface area is 187 Å². The van der Waals surface area contributed by atoms with E-state index in [1.54, 1.807) is 5.32 Å². The molecule has 3 N–H and O–H groups in total. The van der Waals surface area contributed by atoms with Crippen LogP contribution in [0.25, 0.3) is 11.1 Å². The standard InChI is InChI=1S/C23H23F3N2O5/c1-13(11-19(29)30)27-20(31)22(2,23(24,25)26)28-21(32)33-12-18-16-9-5-3-7-14(16)15-8-4-6-10-17(15)18/h3-10,13,18H,11-12H2,1-2H3,(H,27,31)(H,28,32)(H,29,30). The van der Waals surface area contributed by atoms with Crippen LogP contribution in [0.15, 0.2) is 48.5 Å². The Kier molecular flexibility index (Phi) is 6.66. The van der Waals surface area contributed by atoms with E-state index in [4.69, 9.17) is 9.84 Å². The zero-order valence-electron chi connectivity index (χ0n) is 17.9. The third-order valence-electron chi connectivity index (χ3n) is 5.58. The van der Waals surface area contributed by atoms with Crippen LogP contribution in [0.5, 0.6) is 0 Å². The summed E-state index contributed by atoms with van der Waals surface area (Å²) in [6.07, 6.45) is -7.16. The van der Waals surface area contributed by atoms with Crippen molar-refractivity contribution in [2.24, 2.45) is 0 Å². The van der Waals surface area contributed by atoms with Crippen molar-refractivity contribution < 1.29 is 37.4 Å². The number of benzene rings is 2. The zero-order chi connectivity index (χ0) is 24.4. The minimum atomic E-state index is -5.16. The molecule has 33 heavy (non-hydrogen) atoms. The van der Waals surface area contributed by atoms with Gasteiger partial charge in [0.15, 0.2) is 0 Å². The van der Waals surface area contributed by atoms with Crippen molar-refractivity contribution in [2.45, 2.75) is 43.9 Å². The first-order chi connectivity index (χ1) is 15.4. The highest BCUT2D eigenvalue weighted by Gasteiger charge is 2.58. The summed E-state index contributed by atoms with van der Waals surface area (Å²) in [5.41, 5.74) is 0.348. The van der Waals surface area contributed by atoms with Gasteiger partial charge in [0.2, 0.25) is 5.54 Å². The Balaban J connectivity index is 1.73. The number of hydrogen-bond acceptors (Lipinski definition) is 4. The van der Waals surface area contributed by atoms with Crippen LogP contribution in [-0.4, -0.2) is 47.4 Å². The van der Waals surface area contributed by atoms with Crippen LogP contribution < -0.4 is 10.6 Å². The summed E-state index contributed by atoms with van der Waals surface area (Å²) in [4.78, 5) is 35.4. The van der Waals surface area contributed by atoms with E-state index in [1.165, 1.54) is 6.92 Å². The molecular formula is C23H23F3N2O5. The second-order valence-electron chi connectivity index (χ2n) is 8.05.